The Bertz CT molecular complexity index is 1000. The van der Waals surface area contributed by atoms with Crippen LogP contribution in [0.2, 0.25) is 5.02 Å². The zero-order valence-electron chi connectivity index (χ0n) is 12.8. The number of benzene rings is 2. The fourth-order valence-electron chi connectivity index (χ4n) is 2.57. The van der Waals surface area contributed by atoms with Crippen LogP contribution in [-0.4, -0.2) is 10.8 Å². The van der Waals surface area contributed by atoms with Crippen LogP contribution < -0.4 is 5.56 Å². The van der Waals surface area contributed by atoms with Crippen molar-refractivity contribution >= 4 is 40.3 Å². The summed E-state index contributed by atoms with van der Waals surface area (Å²) in [5, 5.41) is 10.0. The van der Waals surface area contributed by atoms with Crippen molar-refractivity contribution < 1.29 is 4.39 Å². The minimum atomic E-state index is -0.378. The van der Waals surface area contributed by atoms with Gasteiger partial charge in [-0.05, 0) is 29.1 Å². The van der Waals surface area contributed by atoms with Crippen molar-refractivity contribution in [2.75, 3.05) is 0 Å². The smallest absolute Gasteiger partial charge is 0.260 e. The molecule has 0 aliphatic heterocycles. The Kier molecular flexibility index (Phi) is 4.73. The van der Waals surface area contributed by atoms with Gasteiger partial charge in [0, 0.05) is 29.4 Å². The molecule has 0 aliphatic rings. The molecule has 3 aromatic rings. The molecule has 0 spiro atoms. The third kappa shape index (κ3) is 2.97. The first-order valence-electron chi connectivity index (χ1n) is 7.22. The van der Waals surface area contributed by atoms with Crippen molar-refractivity contribution in [3.05, 3.63) is 74.8 Å². The molecule has 2 aromatic carbocycles. The van der Waals surface area contributed by atoms with Crippen LogP contribution in [0, 0.1) is 11.2 Å². The maximum absolute atomic E-state index is 13.7. The second-order valence-corrected chi connectivity index (χ2v) is 6.67. The fraction of sp³-hybridized carbons (Fsp3) is 0.111. The maximum atomic E-state index is 13.7. The number of rotatable bonds is 4. The molecule has 0 fully saturated rings. The second kappa shape index (κ2) is 6.79. The first-order chi connectivity index (χ1) is 11.5. The van der Waals surface area contributed by atoms with E-state index in [9.17, 15) is 9.18 Å². The standard InChI is InChI=1S/C18H14ClFN2OS/c1-22-17(23)15(9-21)13-7-6-12(20)8-14(13)18(22)24-10-11-4-2-3-5-16(11)19/h2-9,21H,10H2,1H3. The van der Waals surface area contributed by atoms with Crippen LogP contribution in [-0.2, 0) is 12.8 Å². The number of aromatic nitrogens is 1. The number of hydrogen-bond acceptors (Lipinski definition) is 3. The van der Waals surface area contributed by atoms with E-state index in [0.29, 0.717) is 26.6 Å². The van der Waals surface area contributed by atoms with E-state index in [1.54, 1.807) is 13.1 Å². The Labute approximate surface area is 147 Å². The molecule has 6 heteroatoms. The summed E-state index contributed by atoms with van der Waals surface area (Å²) in [6.45, 7) is 0. The lowest BCUT2D eigenvalue weighted by molar-refractivity contribution is 0.629. The van der Waals surface area contributed by atoms with Gasteiger partial charge in [-0.1, -0.05) is 35.9 Å². The van der Waals surface area contributed by atoms with Gasteiger partial charge in [-0.15, -0.1) is 11.8 Å². The molecule has 0 radical (unpaired) electrons. The molecule has 24 heavy (non-hydrogen) atoms. The van der Waals surface area contributed by atoms with Crippen molar-refractivity contribution in [3.63, 3.8) is 0 Å². The molecular formula is C18H14ClFN2OS. The van der Waals surface area contributed by atoms with Crippen LogP contribution in [0.5, 0.6) is 0 Å². The van der Waals surface area contributed by atoms with Gasteiger partial charge in [0.1, 0.15) is 5.82 Å². The molecule has 3 rings (SSSR count). The van der Waals surface area contributed by atoms with E-state index in [-0.39, 0.29) is 16.9 Å². The molecule has 122 valence electrons. The highest BCUT2D eigenvalue weighted by molar-refractivity contribution is 7.98. The molecule has 3 nitrogen and oxygen atoms in total. The monoisotopic (exact) mass is 360 g/mol. The van der Waals surface area contributed by atoms with Gasteiger partial charge >= 0.3 is 0 Å². The summed E-state index contributed by atoms with van der Waals surface area (Å²) in [5.41, 5.74) is 0.928. The van der Waals surface area contributed by atoms with Gasteiger partial charge in [-0.3, -0.25) is 4.79 Å². The van der Waals surface area contributed by atoms with Crippen molar-refractivity contribution in [3.8, 4) is 0 Å². The van der Waals surface area contributed by atoms with Gasteiger partial charge in [-0.2, -0.15) is 0 Å². The summed E-state index contributed by atoms with van der Waals surface area (Å²) in [7, 11) is 1.63. The molecule has 0 aliphatic carbocycles. The van der Waals surface area contributed by atoms with Gasteiger partial charge in [0.05, 0.1) is 10.6 Å². The van der Waals surface area contributed by atoms with Crippen LogP contribution in [0.4, 0.5) is 4.39 Å². The summed E-state index contributed by atoms with van der Waals surface area (Å²) < 4.78 is 15.2. The van der Waals surface area contributed by atoms with Crippen LogP contribution in [0.1, 0.15) is 11.1 Å². The number of thioether (sulfide) groups is 1. The number of pyridine rings is 1. The fourth-order valence-corrected chi connectivity index (χ4v) is 4.00. The summed E-state index contributed by atoms with van der Waals surface area (Å²) >= 11 is 7.60. The van der Waals surface area contributed by atoms with Crippen LogP contribution >= 0.6 is 23.4 Å². The average molecular weight is 361 g/mol. The Balaban J connectivity index is 2.15. The normalized spacial score (nSPS) is 11.0. The Morgan fingerprint density at radius 3 is 2.71 bits per heavy atom. The van der Waals surface area contributed by atoms with Crippen molar-refractivity contribution in [2.24, 2.45) is 7.05 Å². The number of fused-ring (bicyclic) bond motifs is 1. The van der Waals surface area contributed by atoms with Crippen LogP contribution in [0.3, 0.4) is 0 Å². The predicted molar refractivity (Wildman–Crippen MR) is 98.0 cm³/mol. The molecule has 0 amide bonds. The summed E-state index contributed by atoms with van der Waals surface area (Å²) in [4.78, 5) is 12.5. The lowest BCUT2D eigenvalue weighted by atomic mass is 10.1. The SMILES string of the molecule is Cn1c(SCc2ccccc2Cl)c2cc(F)ccc2c(C=N)c1=O. The molecule has 0 saturated heterocycles. The molecule has 0 atom stereocenters. The largest absolute Gasteiger partial charge is 0.308 e. The van der Waals surface area contributed by atoms with Gasteiger partial charge in [-0.25, -0.2) is 4.39 Å². The molecule has 1 N–H and O–H groups in total. The number of halogens is 2. The van der Waals surface area contributed by atoms with E-state index in [2.05, 4.69) is 0 Å². The van der Waals surface area contributed by atoms with Gasteiger partial charge < -0.3 is 9.98 Å². The lowest BCUT2D eigenvalue weighted by Crippen LogP contribution is -2.23. The zero-order chi connectivity index (χ0) is 17.3. The zero-order valence-corrected chi connectivity index (χ0v) is 14.4. The highest BCUT2D eigenvalue weighted by atomic mass is 35.5. The second-order valence-electron chi connectivity index (χ2n) is 5.30. The Morgan fingerprint density at radius 1 is 1.25 bits per heavy atom. The van der Waals surface area contributed by atoms with Crippen molar-refractivity contribution in [1.82, 2.24) is 4.57 Å². The van der Waals surface area contributed by atoms with E-state index >= 15 is 0 Å². The third-order valence-electron chi connectivity index (χ3n) is 3.81. The highest BCUT2D eigenvalue weighted by Gasteiger charge is 2.15. The van der Waals surface area contributed by atoms with E-state index in [1.165, 1.54) is 28.5 Å². The van der Waals surface area contributed by atoms with Gasteiger partial charge in [0.25, 0.3) is 5.56 Å². The van der Waals surface area contributed by atoms with E-state index < -0.39 is 0 Å². The number of hydrogen-bond donors (Lipinski definition) is 1. The molecule has 1 aromatic heterocycles. The van der Waals surface area contributed by atoms with Crippen LogP contribution in [0.15, 0.2) is 52.3 Å². The van der Waals surface area contributed by atoms with E-state index in [4.69, 9.17) is 17.0 Å². The molecule has 1 heterocycles. The highest BCUT2D eigenvalue weighted by Crippen LogP contribution is 2.32. The number of nitrogens with zero attached hydrogens (tertiary/aromatic N) is 1. The summed E-state index contributed by atoms with van der Waals surface area (Å²) in [6.07, 6.45) is 1.02. The van der Waals surface area contributed by atoms with Crippen molar-refractivity contribution in [1.29, 1.82) is 5.41 Å². The first-order valence-corrected chi connectivity index (χ1v) is 8.58. The first kappa shape index (κ1) is 16.7. The minimum absolute atomic E-state index is 0.259. The number of nitrogens with one attached hydrogen (secondary N) is 1. The Hall–Kier alpha value is -2.11. The summed E-state index contributed by atoms with van der Waals surface area (Å²) in [6, 6.07) is 11.7. The molecule has 0 bridgehead atoms. The van der Waals surface area contributed by atoms with E-state index in [1.807, 2.05) is 24.3 Å². The Morgan fingerprint density at radius 2 is 2.00 bits per heavy atom. The third-order valence-corrected chi connectivity index (χ3v) is 5.40. The summed E-state index contributed by atoms with van der Waals surface area (Å²) in [5.74, 6) is 0.180. The molecular weight excluding hydrogens is 347 g/mol. The lowest BCUT2D eigenvalue weighted by Gasteiger charge is -2.14. The topological polar surface area (TPSA) is 45.9 Å². The van der Waals surface area contributed by atoms with Crippen molar-refractivity contribution in [2.45, 2.75) is 10.8 Å². The minimum Gasteiger partial charge on any atom is -0.308 e. The van der Waals surface area contributed by atoms with Gasteiger partial charge in [0.2, 0.25) is 0 Å². The molecule has 0 unspecified atom stereocenters. The maximum Gasteiger partial charge on any atom is 0.260 e. The predicted octanol–water partition coefficient (Wildman–Crippen LogP) is 4.62. The molecule has 0 saturated carbocycles. The van der Waals surface area contributed by atoms with Gasteiger partial charge in [0.15, 0.2) is 0 Å². The average Bonchev–Trinajstić information content (AvgIpc) is 2.57. The quantitative estimate of drug-likeness (QED) is 0.545. The van der Waals surface area contributed by atoms with Crippen LogP contribution in [0.25, 0.3) is 10.8 Å². The van der Waals surface area contributed by atoms with E-state index in [0.717, 1.165) is 11.8 Å².